The molecule has 0 aromatic heterocycles. The number of fused-ring (bicyclic) bond motifs is 1. The molecule has 0 radical (unpaired) electrons. The van der Waals surface area contributed by atoms with Gasteiger partial charge in [0, 0.05) is 6.42 Å². The molecule has 0 fully saturated rings. The highest BCUT2D eigenvalue weighted by Gasteiger charge is 2.21. The number of amides is 1. The van der Waals surface area contributed by atoms with Crippen LogP contribution in [0.1, 0.15) is 12.0 Å². The van der Waals surface area contributed by atoms with Gasteiger partial charge in [0.05, 0.1) is 10.6 Å². The maximum Gasteiger partial charge on any atom is 0.238 e. The van der Waals surface area contributed by atoms with E-state index in [1.807, 2.05) is 0 Å². The van der Waals surface area contributed by atoms with Crippen LogP contribution in [0.25, 0.3) is 0 Å². The minimum absolute atomic E-state index is 0.0450. The second-order valence-corrected chi connectivity index (χ2v) is 5.09. The lowest BCUT2D eigenvalue weighted by Crippen LogP contribution is -2.21. The van der Waals surface area contributed by atoms with Crippen LogP contribution in [0.2, 0.25) is 0 Å². The van der Waals surface area contributed by atoms with E-state index in [4.69, 9.17) is 5.14 Å². The third-order valence-corrected chi connectivity index (χ3v) is 3.25. The number of carbonyl (C=O) groups is 1. The number of primary sulfonamides is 1. The minimum Gasteiger partial charge on any atom is -0.323 e. The molecule has 1 aliphatic rings. The predicted molar refractivity (Wildman–Crippen MR) is 54.7 cm³/mol. The zero-order valence-corrected chi connectivity index (χ0v) is 8.97. The highest BCUT2D eigenvalue weighted by Crippen LogP contribution is 2.28. The van der Waals surface area contributed by atoms with Crippen molar-refractivity contribution in [1.82, 2.24) is 0 Å². The van der Waals surface area contributed by atoms with Crippen LogP contribution in [-0.2, 0) is 21.2 Å². The Morgan fingerprint density at radius 3 is 2.62 bits per heavy atom. The summed E-state index contributed by atoms with van der Waals surface area (Å²) in [4.78, 5) is 10.8. The van der Waals surface area contributed by atoms with E-state index >= 15 is 0 Å². The standard InChI is InChI=1S/C9H9FN2O3S/c10-7-4-6(16(11,14)15)3-5-1-2-8(13)12-9(5)7/h3-4H,1-2H2,(H,12,13)(H2,11,14,15). The van der Waals surface area contributed by atoms with Crippen molar-refractivity contribution in [2.45, 2.75) is 17.7 Å². The molecule has 1 aromatic rings. The van der Waals surface area contributed by atoms with E-state index in [0.29, 0.717) is 12.0 Å². The first-order chi connectivity index (χ1) is 7.38. The Labute approximate surface area is 91.5 Å². The van der Waals surface area contributed by atoms with Gasteiger partial charge in [-0.3, -0.25) is 4.79 Å². The number of nitrogens with one attached hydrogen (secondary N) is 1. The molecule has 1 aliphatic heterocycles. The fraction of sp³-hybridized carbons (Fsp3) is 0.222. The number of nitrogens with two attached hydrogens (primary N) is 1. The van der Waals surface area contributed by atoms with Crippen molar-refractivity contribution < 1.29 is 17.6 Å². The fourth-order valence-corrected chi connectivity index (χ4v) is 2.16. The summed E-state index contributed by atoms with van der Waals surface area (Å²) in [6.45, 7) is 0. The zero-order valence-electron chi connectivity index (χ0n) is 8.16. The molecule has 0 saturated carbocycles. The van der Waals surface area contributed by atoms with Crippen LogP contribution in [0, 0.1) is 5.82 Å². The number of aryl methyl sites for hydroxylation is 1. The molecule has 7 heteroatoms. The summed E-state index contributed by atoms with van der Waals surface area (Å²) in [6, 6.07) is 2.09. The van der Waals surface area contributed by atoms with Crippen molar-refractivity contribution in [2.24, 2.45) is 5.14 Å². The average Bonchev–Trinajstić information content (AvgIpc) is 2.17. The van der Waals surface area contributed by atoms with E-state index in [0.717, 1.165) is 6.07 Å². The molecule has 16 heavy (non-hydrogen) atoms. The number of anilines is 1. The monoisotopic (exact) mass is 244 g/mol. The number of hydrogen-bond donors (Lipinski definition) is 2. The molecule has 0 saturated heterocycles. The van der Waals surface area contributed by atoms with Crippen LogP contribution in [0.15, 0.2) is 17.0 Å². The molecule has 1 heterocycles. The van der Waals surface area contributed by atoms with Crippen molar-refractivity contribution in [2.75, 3.05) is 5.32 Å². The lowest BCUT2D eigenvalue weighted by atomic mass is 10.0. The number of sulfonamides is 1. The Morgan fingerprint density at radius 1 is 1.31 bits per heavy atom. The third kappa shape index (κ3) is 1.91. The first-order valence-electron chi connectivity index (χ1n) is 4.53. The Bertz CT molecular complexity index is 568. The minimum atomic E-state index is -3.93. The van der Waals surface area contributed by atoms with Crippen LogP contribution in [0.5, 0.6) is 0 Å². The van der Waals surface area contributed by atoms with E-state index in [2.05, 4.69) is 5.32 Å². The van der Waals surface area contributed by atoms with Crippen molar-refractivity contribution >= 4 is 21.6 Å². The normalized spacial score (nSPS) is 15.5. The molecule has 1 aromatic carbocycles. The summed E-state index contributed by atoms with van der Waals surface area (Å²) in [5.74, 6) is -1.07. The molecule has 86 valence electrons. The van der Waals surface area contributed by atoms with E-state index in [1.54, 1.807) is 0 Å². The molecular weight excluding hydrogens is 235 g/mol. The number of benzene rings is 1. The Morgan fingerprint density at radius 2 is 2.00 bits per heavy atom. The van der Waals surface area contributed by atoms with Crippen molar-refractivity contribution in [1.29, 1.82) is 0 Å². The van der Waals surface area contributed by atoms with Crippen molar-refractivity contribution in [3.05, 3.63) is 23.5 Å². The number of rotatable bonds is 1. The van der Waals surface area contributed by atoms with Gasteiger partial charge in [0.15, 0.2) is 0 Å². The van der Waals surface area contributed by atoms with E-state index in [-0.39, 0.29) is 22.9 Å². The van der Waals surface area contributed by atoms with Gasteiger partial charge in [0.2, 0.25) is 15.9 Å². The average molecular weight is 244 g/mol. The van der Waals surface area contributed by atoms with Gasteiger partial charge in [-0.15, -0.1) is 0 Å². The molecule has 0 unspecified atom stereocenters. The quantitative estimate of drug-likeness (QED) is 0.747. The van der Waals surface area contributed by atoms with Crippen LogP contribution in [0.4, 0.5) is 10.1 Å². The molecule has 2 rings (SSSR count). The molecule has 0 atom stereocenters. The summed E-state index contributed by atoms with van der Waals surface area (Å²) < 4.78 is 35.6. The number of halogens is 1. The van der Waals surface area contributed by atoms with Gasteiger partial charge in [-0.1, -0.05) is 0 Å². The summed E-state index contributed by atoms with van der Waals surface area (Å²) >= 11 is 0. The third-order valence-electron chi connectivity index (χ3n) is 2.36. The Kier molecular flexibility index (Phi) is 2.43. The Hall–Kier alpha value is -1.47. The van der Waals surface area contributed by atoms with Gasteiger partial charge in [0.25, 0.3) is 0 Å². The predicted octanol–water partition coefficient (Wildman–Crippen LogP) is 0.358. The summed E-state index contributed by atoms with van der Waals surface area (Å²) in [7, 11) is -3.93. The highest BCUT2D eigenvalue weighted by atomic mass is 32.2. The van der Waals surface area contributed by atoms with Gasteiger partial charge in [-0.2, -0.15) is 0 Å². The molecule has 1 amide bonds. The van der Waals surface area contributed by atoms with Crippen LogP contribution in [0.3, 0.4) is 0 Å². The topological polar surface area (TPSA) is 89.3 Å². The first kappa shape index (κ1) is 11.0. The molecular formula is C9H9FN2O3S. The van der Waals surface area contributed by atoms with E-state index in [1.165, 1.54) is 6.07 Å². The van der Waals surface area contributed by atoms with E-state index < -0.39 is 15.8 Å². The van der Waals surface area contributed by atoms with E-state index in [9.17, 15) is 17.6 Å². The van der Waals surface area contributed by atoms with Gasteiger partial charge in [-0.05, 0) is 24.1 Å². The highest BCUT2D eigenvalue weighted by molar-refractivity contribution is 7.89. The number of carbonyl (C=O) groups excluding carboxylic acids is 1. The van der Waals surface area contributed by atoms with Crippen molar-refractivity contribution in [3.8, 4) is 0 Å². The maximum atomic E-state index is 13.5. The lowest BCUT2D eigenvalue weighted by Gasteiger charge is -2.17. The second-order valence-electron chi connectivity index (χ2n) is 3.53. The summed E-state index contributed by atoms with van der Waals surface area (Å²) in [6.07, 6.45) is 0.516. The zero-order chi connectivity index (χ0) is 11.9. The molecule has 0 spiro atoms. The first-order valence-corrected chi connectivity index (χ1v) is 6.07. The molecule has 3 N–H and O–H groups in total. The lowest BCUT2D eigenvalue weighted by molar-refractivity contribution is -0.116. The molecule has 5 nitrogen and oxygen atoms in total. The second kappa shape index (κ2) is 3.53. The van der Waals surface area contributed by atoms with Crippen LogP contribution >= 0.6 is 0 Å². The summed E-state index contributed by atoms with van der Waals surface area (Å²) in [5, 5.41) is 7.26. The van der Waals surface area contributed by atoms with Crippen LogP contribution < -0.4 is 10.5 Å². The maximum absolute atomic E-state index is 13.5. The van der Waals surface area contributed by atoms with Gasteiger partial charge < -0.3 is 5.32 Å². The van der Waals surface area contributed by atoms with Gasteiger partial charge in [0.1, 0.15) is 5.82 Å². The molecule has 0 aliphatic carbocycles. The molecule has 0 bridgehead atoms. The SMILES string of the molecule is NS(=O)(=O)c1cc(F)c2c(c1)CCC(=O)N2. The largest absolute Gasteiger partial charge is 0.323 e. The van der Waals surface area contributed by atoms with Gasteiger partial charge >= 0.3 is 0 Å². The van der Waals surface area contributed by atoms with Crippen LogP contribution in [-0.4, -0.2) is 14.3 Å². The fourth-order valence-electron chi connectivity index (χ4n) is 1.59. The number of hydrogen-bond acceptors (Lipinski definition) is 3. The van der Waals surface area contributed by atoms with Crippen molar-refractivity contribution in [3.63, 3.8) is 0 Å². The summed E-state index contributed by atoms with van der Waals surface area (Å²) in [5.41, 5.74) is 0.493. The smallest absolute Gasteiger partial charge is 0.238 e. The van der Waals surface area contributed by atoms with Gasteiger partial charge in [-0.25, -0.2) is 17.9 Å². The Balaban J connectivity index is 2.59.